The second-order valence-corrected chi connectivity index (χ2v) is 12.5. The van der Waals surface area contributed by atoms with E-state index in [0.717, 1.165) is 29.5 Å². The number of carbonyl (C=O) groups is 2. The maximum absolute atomic E-state index is 13.3. The predicted molar refractivity (Wildman–Crippen MR) is 189 cm³/mol. The predicted octanol–water partition coefficient (Wildman–Crippen LogP) is 5.35. The zero-order valence-electron chi connectivity index (χ0n) is 27.4. The zero-order chi connectivity index (χ0) is 35.0. The van der Waals surface area contributed by atoms with E-state index < -0.39 is 18.2 Å². The monoisotopic (exact) mass is 676 g/mol. The third kappa shape index (κ3) is 8.31. The van der Waals surface area contributed by atoms with Gasteiger partial charge in [0.25, 0.3) is 5.91 Å². The minimum absolute atomic E-state index is 0.0119. The lowest BCUT2D eigenvalue weighted by Gasteiger charge is -2.32. The van der Waals surface area contributed by atoms with Gasteiger partial charge in [0.2, 0.25) is 5.56 Å². The number of aliphatic hydroxyl groups excluding tert-OH is 1. The van der Waals surface area contributed by atoms with Crippen molar-refractivity contribution in [2.45, 2.75) is 31.6 Å². The van der Waals surface area contributed by atoms with E-state index in [4.69, 9.17) is 4.74 Å². The summed E-state index contributed by atoms with van der Waals surface area (Å²) >= 11 is 0. The first-order valence-corrected chi connectivity index (χ1v) is 16.6. The number of nitrogens with zero attached hydrogens (tertiary/aromatic N) is 1. The normalized spacial score (nSPS) is 14.6. The lowest BCUT2D eigenvalue weighted by molar-refractivity contribution is 0.0688. The Labute approximate surface area is 289 Å². The van der Waals surface area contributed by atoms with Crippen LogP contribution in [0.5, 0.6) is 11.5 Å². The largest absolute Gasteiger partial charge is 0.506 e. The fraction of sp³-hybridized carbons (Fsp3) is 0.256. The number of nitrogens with one attached hydrogen (secondary N) is 3. The van der Waals surface area contributed by atoms with E-state index in [-0.39, 0.29) is 23.8 Å². The highest BCUT2D eigenvalue weighted by atomic mass is 16.5. The molecule has 0 radical (unpaired) electrons. The van der Waals surface area contributed by atoms with Crippen LogP contribution < -0.4 is 20.9 Å². The minimum atomic E-state index is -1.11. The molecule has 0 bridgehead atoms. The van der Waals surface area contributed by atoms with Crippen LogP contribution in [0.15, 0.2) is 108 Å². The summed E-state index contributed by atoms with van der Waals surface area (Å²) in [5, 5.41) is 36.9. The SMILES string of the molecule is O=C(O)N[C@@H](c1ccccc1)c1cccc(OCc2ccc(C(=O)N3CCC(CNC[C@H](O)c4ccc(O)c5[nH]c(=O)ccc45)CC3)cc2)c1. The lowest BCUT2D eigenvalue weighted by atomic mass is 9.96. The van der Waals surface area contributed by atoms with Gasteiger partial charge in [-0.15, -0.1) is 0 Å². The van der Waals surface area contributed by atoms with Crippen LogP contribution in [0.1, 0.15) is 57.6 Å². The van der Waals surface area contributed by atoms with Gasteiger partial charge in [0.15, 0.2) is 0 Å². The summed E-state index contributed by atoms with van der Waals surface area (Å²) in [4.78, 5) is 40.9. The van der Waals surface area contributed by atoms with Gasteiger partial charge in [-0.2, -0.15) is 0 Å². The number of aromatic hydroxyl groups is 1. The standard InChI is InChI=1S/C39H40N4O7/c44-33-15-13-31(32-14-16-35(46)41-37(32)33)34(45)23-40-22-25-17-19-43(20-18-25)38(47)28-11-9-26(10-12-28)24-50-30-8-4-7-29(21-30)36(42-39(48)49)27-5-2-1-3-6-27/h1-16,21,25,34,36,40,42,44-45H,17-20,22-24H2,(H,41,46)(H,48,49)/t34-,36-/m0/s1. The highest BCUT2D eigenvalue weighted by Gasteiger charge is 2.24. The second kappa shape index (κ2) is 15.7. The molecule has 1 saturated heterocycles. The number of rotatable bonds is 12. The molecule has 258 valence electrons. The Bertz CT molecular complexity index is 1990. The third-order valence-electron chi connectivity index (χ3n) is 9.14. The number of phenols is 1. The number of aliphatic hydroxyl groups is 1. The molecule has 1 aliphatic heterocycles. The molecule has 2 amide bonds. The molecule has 0 saturated carbocycles. The van der Waals surface area contributed by atoms with Gasteiger partial charge in [-0.25, -0.2) is 4.79 Å². The fourth-order valence-electron chi connectivity index (χ4n) is 6.43. The van der Waals surface area contributed by atoms with E-state index in [1.165, 1.54) is 12.1 Å². The number of phenolic OH excluding ortho intramolecular Hbond substituents is 1. The molecule has 1 aromatic heterocycles. The van der Waals surface area contributed by atoms with E-state index in [9.17, 15) is 29.7 Å². The number of likely N-dealkylation sites (tertiary alicyclic amines) is 1. The molecule has 11 nitrogen and oxygen atoms in total. The number of aromatic amines is 1. The topological polar surface area (TPSA) is 164 Å². The highest BCUT2D eigenvalue weighted by molar-refractivity contribution is 5.94. The maximum Gasteiger partial charge on any atom is 0.405 e. The third-order valence-corrected chi connectivity index (χ3v) is 9.14. The summed E-state index contributed by atoms with van der Waals surface area (Å²) in [6.45, 7) is 2.59. The van der Waals surface area contributed by atoms with Crippen molar-refractivity contribution < 1.29 is 29.6 Å². The summed E-state index contributed by atoms with van der Waals surface area (Å²) in [5.41, 5.74) is 3.70. The Morgan fingerprint density at radius 3 is 2.38 bits per heavy atom. The number of H-pyrrole nitrogens is 1. The molecule has 2 atom stereocenters. The number of benzene rings is 4. The molecule has 0 aliphatic carbocycles. The number of ether oxygens (including phenoxy) is 1. The van der Waals surface area contributed by atoms with Crippen LogP contribution in [0.2, 0.25) is 0 Å². The molecule has 5 aromatic rings. The van der Waals surface area contributed by atoms with Crippen molar-refractivity contribution in [1.82, 2.24) is 20.5 Å². The Hall–Kier alpha value is -5.65. The number of carboxylic acid groups (broad SMARTS) is 1. The molecule has 11 heteroatoms. The molecular weight excluding hydrogens is 636 g/mol. The zero-order valence-corrected chi connectivity index (χ0v) is 27.4. The first-order valence-electron chi connectivity index (χ1n) is 16.6. The van der Waals surface area contributed by atoms with Gasteiger partial charge in [0, 0.05) is 36.7 Å². The molecule has 50 heavy (non-hydrogen) atoms. The van der Waals surface area contributed by atoms with Crippen LogP contribution in [-0.4, -0.2) is 63.4 Å². The van der Waals surface area contributed by atoms with Crippen LogP contribution >= 0.6 is 0 Å². The quantitative estimate of drug-likeness (QED) is 0.103. The molecule has 2 heterocycles. The highest BCUT2D eigenvalue weighted by Crippen LogP contribution is 2.29. The summed E-state index contributed by atoms with van der Waals surface area (Å²) in [5.74, 6) is 0.911. The molecule has 6 rings (SSSR count). The maximum atomic E-state index is 13.3. The van der Waals surface area contributed by atoms with Gasteiger partial charge in [-0.3, -0.25) is 9.59 Å². The first kappa shape index (κ1) is 34.2. The van der Waals surface area contributed by atoms with Crippen LogP contribution in [0.3, 0.4) is 0 Å². The summed E-state index contributed by atoms with van der Waals surface area (Å²) in [6, 6.07) is 29.7. The van der Waals surface area contributed by atoms with Crippen LogP contribution in [0, 0.1) is 5.92 Å². The van der Waals surface area contributed by atoms with Crippen LogP contribution in [-0.2, 0) is 6.61 Å². The Morgan fingerprint density at radius 2 is 1.64 bits per heavy atom. The number of amides is 2. The van der Waals surface area contributed by atoms with E-state index in [1.807, 2.05) is 83.8 Å². The van der Waals surface area contributed by atoms with Gasteiger partial charge in [0.05, 0.1) is 17.7 Å². The lowest BCUT2D eigenvalue weighted by Crippen LogP contribution is -2.41. The number of hydrogen-bond donors (Lipinski definition) is 6. The van der Waals surface area contributed by atoms with Gasteiger partial charge < -0.3 is 40.6 Å². The summed E-state index contributed by atoms with van der Waals surface area (Å²) < 4.78 is 6.04. The minimum Gasteiger partial charge on any atom is -0.506 e. The van der Waals surface area contributed by atoms with Crippen molar-refractivity contribution in [3.05, 3.63) is 141 Å². The average molecular weight is 677 g/mol. The molecular formula is C39H40N4O7. The number of fused-ring (bicyclic) bond motifs is 1. The van der Waals surface area contributed by atoms with Crippen molar-refractivity contribution in [3.8, 4) is 11.5 Å². The second-order valence-electron chi connectivity index (χ2n) is 12.5. The van der Waals surface area contributed by atoms with E-state index in [1.54, 1.807) is 12.1 Å². The van der Waals surface area contributed by atoms with E-state index in [0.29, 0.717) is 59.9 Å². The summed E-state index contributed by atoms with van der Waals surface area (Å²) in [6.07, 6.45) is -0.250. The molecule has 6 N–H and O–H groups in total. The number of piperidine rings is 1. The van der Waals surface area contributed by atoms with Crippen molar-refractivity contribution in [2.24, 2.45) is 5.92 Å². The van der Waals surface area contributed by atoms with Crippen molar-refractivity contribution in [2.75, 3.05) is 26.2 Å². The molecule has 0 spiro atoms. The summed E-state index contributed by atoms with van der Waals surface area (Å²) in [7, 11) is 0. The Balaban J connectivity index is 0.965. The van der Waals surface area contributed by atoms with Crippen LogP contribution in [0.4, 0.5) is 4.79 Å². The first-order chi connectivity index (χ1) is 24.2. The molecule has 1 fully saturated rings. The van der Waals surface area contributed by atoms with Crippen LogP contribution in [0.25, 0.3) is 10.9 Å². The number of hydrogen-bond acceptors (Lipinski definition) is 7. The van der Waals surface area contributed by atoms with Crippen molar-refractivity contribution in [3.63, 3.8) is 0 Å². The smallest absolute Gasteiger partial charge is 0.405 e. The Kier molecular flexibility index (Phi) is 10.8. The van der Waals surface area contributed by atoms with Crippen molar-refractivity contribution >= 4 is 22.9 Å². The van der Waals surface area contributed by atoms with Crippen molar-refractivity contribution in [1.29, 1.82) is 0 Å². The number of carbonyl (C=O) groups excluding carboxylic acids is 1. The van der Waals surface area contributed by atoms with Gasteiger partial charge in [-0.05, 0) is 84.0 Å². The number of aromatic nitrogens is 1. The Morgan fingerprint density at radius 1 is 0.900 bits per heavy atom. The van der Waals surface area contributed by atoms with Gasteiger partial charge in [-0.1, -0.05) is 60.7 Å². The fourth-order valence-corrected chi connectivity index (χ4v) is 6.43. The van der Waals surface area contributed by atoms with Gasteiger partial charge in [0.1, 0.15) is 18.1 Å². The average Bonchev–Trinajstić information content (AvgIpc) is 3.14. The number of pyridine rings is 1. The molecule has 4 aromatic carbocycles. The van der Waals surface area contributed by atoms with Gasteiger partial charge >= 0.3 is 6.09 Å². The molecule has 0 unspecified atom stereocenters. The van der Waals surface area contributed by atoms with E-state index in [2.05, 4.69) is 15.6 Å². The molecule has 1 aliphatic rings. The van der Waals surface area contributed by atoms with E-state index >= 15 is 0 Å².